The zero-order valence-corrected chi connectivity index (χ0v) is 22.8. The van der Waals surface area contributed by atoms with Gasteiger partial charge in [-0.05, 0) is 43.7 Å². The summed E-state index contributed by atoms with van der Waals surface area (Å²) >= 11 is 0. The molecule has 2 N–H and O–H groups in total. The monoisotopic (exact) mass is 524 g/mol. The van der Waals surface area contributed by atoms with E-state index in [4.69, 9.17) is 9.47 Å². The van der Waals surface area contributed by atoms with Gasteiger partial charge < -0.3 is 19.7 Å². The van der Waals surface area contributed by atoms with Crippen LogP contribution in [-0.4, -0.2) is 94.3 Å². The van der Waals surface area contributed by atoms with Gasteiger partial charge in [-0.15, -0.1) is 0 Å². The highest BCUT2D eigenvalue weighted by Crippen LogP contribution is 2.25. The molecular weight excluding hydrogens is 484 g/mol. The Morgan fingerprint density at radius 2 is 1.58 bits per heavy atom. The first-order chi connectivity index (χ1) is 18.4. The Kier molecular flexibility index (Phi) is 9.57. The fourth-order valence-corrected chi connectivity index (χ4v) is 4.90. The average molecular weight is 525 g/mol. The number of carbonyl (C=O) groups is 2. The van der Waals surface area contributed by atoms with Crippen LogP contribution in [0.5, 0.6) is 0 Å². The van der Waals surface area contributed by atoms with Crippen molar-refractivity contribution in [3.63, 3.8) is 0 Å². The minimum Gasteiger partial charge on any atom is -0.369 e. The number of carbonyl (C=O) groups excluding carboxylic acids is 2. The predicted octanol–water partition coefficient (Wildman–Crippen LogP) is 2.44. The highest BCUT2D eigenvalue weighted by Gasteiger charge is 2.31. The lowest BCUT2D eigenvalue weighted by atomic mass is 9.97. The zero-order valence-electron chi connectivity index (χ0n) is 22.8. The van der Waals surface area contributed by atoms with Gasteiger partial charge in [0.2, 0.25) is 5.91 Å². The van der Waals surface area contributed by atoms with Crippen LogP contribution >= 0.6 is 0 Å². The van der Waals surface area contributed by atoms with Crippen LogP contribution in [0.1, 0.15) is 25.3 Å². The number of rotatable bonds is 11. The number of ether oxygens (including phenoxy) is 2. The van der Waals surface area contributed by atoms with Crippen LogP contribution < -0.4 is 20.5 Å². The number of benzene rings is 2. The van der Waals surface area contributed by atoms with Crippen molar-refractivity contribution in [2.24, 2.45) is 0 Å². The van der Waals surface area contributed by atoms with Crippen LogP contribution in [0.15, 0.2) is 54.6 Å². The molecule has 38 heavy (non-hydrogen) atoms. The topological polar surface area (TPSA) is 89.6 Å². The normalized spacial score (nSPS) is 17.5. The quantitative estimate of drug-likeness (QED) is 0.437. The third-order valence-electron chi connectivity index (χ3n) is 7.18. The molecule has 2 aromatic carbocycles. The van der Waals surface area contributed by atoms with Gasteiger partial charge in [-0.1, -0.05) is 30.3 Å². The second-order valence-electron chi connectivity index (χ2n) is 9.90. The molecular formula is C28H40N6O4. The van der Waals surface area contributed by atoms with E-state index in [0.29, 0.717) is 19.8 Å². The van der Waals surface area contributed by atoms with E-state index in [1.807, 2.05) is 56.3 Å². The first-order valence-corrected chi connectivity index (χ1v) is 13.2. The summed E-state index contributed by atoms with van der Waals surface area (Å²) < 4.78 is 10.4. The van der Waals surface area contributed by atoms with Crippen LogP contribution in [0.3, 0.4) is 0 Å². The number of hydrogen-bond acceptors (Lipinski definition) is 7. The summed E-state index contributed by atoms with van der Waals surface area (Å²) in [6.07, 6.45) is -0.473. The standard InChI is InChI=1S/C28H40N6O4/c1-21(2)34-28(36)33(20-30-34)24-12-10-23(11-13-24)32-16-14-31(15-17-32)19-25(22-8-6-5-7-9-22)27(35)29-18-26(37-3)38-4/h5-13,21,25-26,30H,14-20H2,1-4H3,(H,29,35). The molecule has 3 amide bonds. The van der Waals surface area contributed by atoms with Gasteiger partial charge >= 0.3 is 6.03 Å². The number of hydrazine groups is 1. The molecule has 0 saturated carbocycles. The highest BCUT2D eigenvalue weighted by molar-refractivity contribution is 5.93. The van der Waals surface area contributed by atoms with Crippen molar-refractivity contribution in [1.82, 2.24) is 20.7 Å². The van der Waals surface area contributed by atoms with Gasteiger partial charge in [0.25, 0.3) is 0 Å². The predicted molar refractivity (Wildman–Crippen MR) is 148 cm³/mol. The smallest absolute Gasteiger partial charge is 0.340 e. The Morgan fingerprint density at radius 3 is 2.16 bits per heavy atom. The molecule has 206 valence electrons. The van der Waals surface area contributed by atoms with E-state index < -0.39 is 6.29 Å². The highest BCUT2D eigenvalue weighted by atomic mass is 16.7. The van der Waals surface area contributed by atoms with E-state index >= 15 is 0 Å². The molecule has 2 saturated heterocycles. The van der Waals surface area contributed by atoms with Gasteiger partial charge in [0.1, 0.15) is 0 Å². The number of amides is 3. The van der Waals surface area contributed by atoms with Gasteiger partial charge in [-0.2, -0.15) is 0 Å². The lowest BCUT2D eigenvalue weighted by Gasteiger charge is -2.37. The van der Waals surface area contributed by atoms with Gasteiger partial charge in [0.15, 0.2) is 6.29 Å². The molecule has 0 spiro atoms. The van der Waals surface area contributed by atoms with E-state index in [1.54, 1.807) is 24.1 Å². The zero-order chi connectivity index (χ0) is 27.1. The van der Waals surface area contributed by atoms with Crippen molar-refractivity contribution in [3.05, 3.63) is 60.2 Å². The van der Waals surface area contributed by atoms with Crippen molar-refractivity contribution in [2.45, 2.75) is 32.1 Å². The number of nitrogens with one attached hydrogen (secondary N) is 2. The molecule has 2 heterocycles. The molecule has 2 aliphatic heterocycles. The summed E-state index contributed by atoms with van der Waals surface area (Å²) in [6.45, 7) is 8.84. The molecule has 0 aromatic heterocycles. The molecule has 2 aliphatic rings. The van der Waals surface area contributed by atoms with Crippen molar-refractivity contribution in [1.29, 1.82) is 0 Å². The van der Waals surface area contributed by atoms with Gasteiger partial charge in [0, 0.05) is 64.4 Å². The first-order valence-electron chi connectivity index (χ1n) is 13.2. The Labute approximate surface area is 225 Å². The van der Waals surface area contributed by atoms with Gasteiger partial charge in [0.05, 0.1) is 19.1 Å². The second-order valence-corrected chi connectivity index (χ2v) is 9.90. The first kappa shape index (κ1) is 27.8. The third-order valence-corrected chi connectivity index (χ3v) is 7.18. The number of nitrogens with zero attached hydrogens (tertiary/aromatic N) is 4. The molecule has 1 atom stereocenters. The molecule has 0 bridgehead atoms. The van der Waals surface area contributed by atoms with Crippen LogP contribution in [0.2, 0.25) is 0 Å². The van der Waals surface area contributed by atoms with Crippen molar-refractivity contribution < 1.29 is 19.1 Å². The molecule has 10 heteroatoms. The van der Waals surface area contributed by atoms with Crippen molar-refractivity contribution >= 4 is 23.3 Å². The van der Waals surface area contributed by atoms with Gasteiger partial charge in [-0.25, -0.2) is 10.2 Å². The number of hydrogen-bond donors (Lipinski definition) is 2. The summed E-state index contributed by atoms with van der Waals surface area (Å²) in [5.41, 5.74) is 6.16. The van der Waals surface area contributed by atoms with E-state index in [0.717, 1.165) is 43.1 Å². The molecule has 4 rings (SSSR count). The van der Waals surface area contributed by atoms with E-state index in [-0.39, 0.29) is 23.9 Å². The maximum absolute atomic E-state index is 13.2. The molecule has 10 nitrogen and oxygen atoms in total. The van der Waals surface area contributed by atoms with Crippen molar-refractivity contribution in [2.75, 3.05) is 70.0 Å². The summed E-state index contributed by atoms with van der Waals surface area (Å²) in [7, 11) is 3.12. The Balaban J connectivity index is 1.33. The average Bonchev–Trinajstić information content (AvgIpc) is 3.34. The molecule has 1 unspecified atom stereocenters. The number of methoxy groups -OCH3 is 2. The summed E-state index contributed by atoms with van der Waals surface area (Å²) in [4.78, 5) is 32.3. The Morgan fingerprint density at radius 1 is 0.947 bits per heavy atom. The number of piperazine rings is 1. The summed E-state index contributed by atoms with van der Waals surface area (Å²) in [6, 6.07) is 18.2. The van der Waals surface area contributed by atoms with E-state index in [9.17, 15) is 9.59 Å². The van der Waals surface area contributed by atoms with E-state index in [1.165, 1.54) is 0 Å². The SMILES string of the molecule is COC(CNC(=O)C(CN1CCN(c2ccc(N3CNN(C(C)C)C3=O)cc2)CC1)c1ccccc1)OC. The Hall–Kier alpha value is -3.18. The van der Waals surface area contributed by atoms with Crippen molar-refractivity contribution in [3.8, 4) is 0 Å². The number of urea groups is 1. The minimum absolute atomic E-state index is 0.0293. The van der Waals surface area contributed by atoms with Crippen LogP contribution in [-0.2, 0) is 14.3 Å². The fraction of sp³-hybridized carbons (Fsp3) is 0.500. The summed E-state index contributed by atoms with van der Waals surface area (Å²) in [5.74, 6) is -0.316. The molecule has 0 radical (unpaired) electrons. The van der Waals surface area contributed by atoms with Crippen LogP contribution in [0, 0.1) is 0 Å². The lowest BCUT2D eigenvalue weighted by Crippen LogP contribution is -2.49. The molecule has 2 fully saturated rings. The minimum atomic E-state index is -0.473. The maximum atomic E-state index is 13.2. The molecule has 2 aromatic rings. The van der Waals surface area contributed by atoms with E-state index in [2.05, 4.69) is 32.7 Å². The van der Waals surface area contributed by atoms with Gasteiger partial charge in [-0.3, -0.25) is 19.6 Å². The fourth-order valence-electron chi connectivity index (χ4n) is 4.90. The summed E-state index contributed by atoms with van der Waals surface area (Å²) in [5, 5.41) is 4.64. The van der Waals surface area contributed by atoms with Crippen LogP contribution in [0.25, 0.3) is 0 Å². The molecule has 0 aliphatic carbocycles. The third kappa shape index (κ3) is 6.63. The second kappa shape index (κ2) is 13.1. The maximum Gasteiger partial charge on any atom is 0.340 e. The van der Waals surface area contributed by atoms with Crippen LogP contribution in [0.4, 0.5) is 16.2 Å². The lowest BCUT2D eigenvalue weighted by molar-refractivity contribution is -0.129. The largest absolute Gasteiger partial charge is 0.369 e. The Bertz CT molecular complexity index is 1040. The number of anilines is 2.